The molecule has 1 unspecified atom stereocenters. The molecule has 1 atom stereocenters. The van der Waals surface area contributed by atoms with E-state index in [1.807, 2.05) is 6.07 Å². The van der Waals surface area contributed by atoms with E-state index >= 15 is 0 Å². The fourth-order valence-electron chi connectivity index (χ4n) is 2.18. The molecule has 0 aliphatic carbocycles. The van der Waals surface area contributed by atoms with Gasteiger partial charge < -0.3 is 5.32 Å². The van der Waals surface area contributed by atoms with Crippen molar-refractivity contribution in [1.82, 2.24) is 5.32 Å². The van der Waals surface area contributed by atoms with E-state index in [0.29, 0.717) is 0 Å². The number of nitrogens with one attached hydrogen (secondary N) is 1. The number of halogens is 3. The van der Waals surface area contributed by atoms with E-state index in [2.05, 4.69) is 97.3 Å². The van der Waals surface area contributed by atoms with Crippen LogP contribution in [0.4, 0.5) is 0 Å². The van der Waals surface area contributed by atoms with Gasteiger partial charge in [-0.3, -0.25) is 0 Å². The number of benzene rings is 2. The molecule has 1 nitrogen and oxygen atoms in total. The van der Waals surface area contributed by atoms with E-state index in [1.54, 1.807) is 0 Å². The van der Waals surface area contributed by atoms with E-state index in [-0.39, 0.29) is 6.04 Å². The molecule has 2 aromatic carbocycles. The van der Waals surface area contributed by atoms with Crippen molar-refractivity contribution in [2.45, 2.75) is 19.9 Å². The molecule has 0 aliphatic rings. The van der Waals surface area contributed by atoms with Gasteiger partial charge in [0.05, 0.1) is 6.04 Å². The molecule has 0 saturated carbocycles. The van der Waals surface area contributed by atoms with Crippen molar-refractivity contribution in [2.24, 2.45) is 0 Å². The second-order valence-electron chi connectivity index (χ2n) is 4.64. The predicted octanol–water partition coefficient (Wildman–Crippen LogP) is 5.98. The van der Waals surface area contributed by atoms with Crippen molar-refractivity contribution < 1.29 is 0 Å². The first kappa shape index (κ1) is 16.2. The van der Waals surface area contributed by atoms with Crippen LogP contribution in [0.5, 0.6) is 0 Å². The monoisotopic (exact) mass is 459 g/mol. The number of hydrogen-bond acceptors (Lipinski definition) is 1. The molecule has 20 heavy (non-hydrogen) atoms. The molecule has 2 aromatic rings. The van der Waals surface area contributed by atoms with Gasteiger partial charge in [0.25, 0.3) is 0 Å². The summed E-state index contributed by atoms with van der Waals surface area (Å²) in [6.07, 6.45) is 0. The maximum absolute atomic E-state index is 3.70. The Labute approximate surface area is 145 Å². The summed E-state index contributed by atoms with van der Waals surface area (Å²) in [5.74, 6) is 0. The maximum atomic E-state index is 3.70. The zero-order chi connectivity index (χ0) is 14.7. The molecule has 0 spiro atoms. The van der Waals surface area contributed by atoms with Crippen LogP contribution in [0.2, 0.25) is 0 Å². The quantitative estimate of drug-likeness (QED) is 0.590. The Morgan fingerprint density at radius 2 is 1.65 bits per heavy atom. The Bertz CT molecular complexity index is 611. The van der Waals surface area contributed by atoms with Gasteiger partial charge in [0.15, 0.2) is 0 Å². The lowest BCUT2D eigenvalue weighted by atomic mass is 9.98. The Morgan fingerprint density at radius 1 is 0.950 bits per heavy atom. The molecular formula is C16H16Br3N. The SMILES string of the molecule is CCNC(c1ccccc1Br)c1cc(Br)c(C)cc1Br. The number of aryl methyl sites for hydroxylation is 1. The van der Waals surface area contributed by atoms with Crippen LogP contribution in [0.3, 0.4) is 0 Å². The molecule has 0 saturated heterocycles. The van der Waals surface area contributed by atoms with Gasteiger partial charge in [-0.25, -0.2) is 0 Å². The predicted molar refractivity (Wildman–Crippen MR) is 96.2 cm³/mol. The van der Waals surface area contributed by atoms with Crippen LogP contribution in [0, 0.1) is 6.92 Å². The summed E-state index contributed by atoms with van der Waals surface area (Å²) in [4.78, 5) is 0. The fourth-order valence-corrected chi connectivity index (χ4v) is 3.75. The fraction of sp³-hybridized carbons (Fsp3) is 0.250. The highest BCUT2D eigenvalue weighted by atomic mass is 79.9. The van der Waals surface area contributed by atoms with Crippen LogP contribution in [0.25, 0.3) is 0 Å². The third-order valence-corrected chi connectivity index (χ3v) is 5.48. The van der Waals surface area contributed by atoms with Crippen molar-refractivity contribution in [3.8, 4) is 0 Å². The van der Waals surface area contributed by atoms with Gasteiger partial charge >= 0.3 is 0 Å². The molecule has 1 N–H and O–H groups in total. The smallest absolute Gasteiger partial charge is 0.0599 e. The molecule has 0 bridgehead atoms. The lowest BCUT2D eigenvalue weighted by molar-refractivity contribution is 0.626. The van der Waals surface area contributed by atoms with Crippen molar-refractivity contribution in [3.63, 3.8) is 0 Å². The summed E-state index contributed by atoms with van der Waals surface area (Å²) < 4.78 is 3.38. The molecule has 106 valence electrons. The third kappa shape index (κ3) is 3.53. The number of rotatable bonds is 4. The van der Waals surface area contributed by atoms with Gasteiger partial charge in [0.2, 0.25) is 0 Å². The van der Waals surface area contributed by atoms with Crippen LogP contribution < -0.4 is 5.32 Å². The molecule has 0 aromatic heterocycles. The first-order valence-corrected chi connectivity index (χ1v) is 8.85. The van der Waals surface area contributed by atoms with Crippen molar-refractivity contribution >= 4 is 47.8 Å². The lowest BCUT2D eigenvalue weighted by Crippen LogP contribution is -2.22. The molecule has 0 radical (unpaired) electrons. The average Bonchev–Trinajstić information content (AvgIpc) is 2.42. The van der Waals surface area contributed by atoms with Crippen LogP contribution in [-0.2, 0) is 0 Å². The van der Waals surface area contributed by atoms with Gasteiger partial charge in [0.1, 0.15) is 0 Å². The van der Waals surface area contributed by atoms with Gasteiger partial charge in [-0.1, -0.05) is 72.9 Å². The molecule has 0 aliphatic heterocycles. The van der Waals surface area contributed by atoms with E-state index in [0.717, 1.165) is 20.0 Å². The Hall–Kier alpha value is -0.160. The number of hydrogen-bond donors (Lipinski definition) is 1. The summed E-state index contributed by atoms with van der Waals surface area (Å²) in [6.45, 7) is 5.13. The van der Waals surface area contributed by atoms with Gasteiger partial charge in [0, 0.05) is 13.4 Å². The van der Waals surface area contributed by atoms with Gasteiger partial charge in [-0.15, -0.1) is 0 Å². The Kier molecular flexibility index (Phi) is 5.84. The summed E-state index contributed by atoms with van der Waals surface area (Å²) in [5.41, 5.74) is 3.70. The normalized spacial score (nSPS) is 12.4. The van der Waals surface area contributed by atoms with Crippen LogP contribution >= 0.6 is 47.8 Å². The maximum Gasteiger partial charge on any atom is 0.0599 e. The van der Waals surface area contributed by atoms with E-state index in [9.17, 15) is 0 Å². The summed E-state index contributed by atoms with van der Waals surface area (Å²) in [6, 6.07) is 12.8. The molecule has 4 heteroatoms. The minimum absolute atomic E-state index is 0.154. The first-order valence-electron chi connectivity index (χ1n) is 6.48. The van der Waals surface area contributed by atoms with Crippen molar-refractivity contribution in [1.29, 1.82) is 0 Å². The highest BCUT2D eigenvalue weighted by molar-refractivity contribution is 9.11. The minimum Gasteiger partial charge on any atom is -0.306 e. The van der Waals surface area contributed by atoms with E-state index in [4.69, 9.17) is 0 Å². The van der Waals surface area contributed by atoms with Crippen molar-refractivity contribution in [3.05, 3.63) is 66.5 Å². The average molecular weight is 462 g/mol. The second-order valence-corrected chi connectivity index (χ2v) is 7.20. The summed E-state index contributed by atoms with van der Waals surface area (Å²) >= 11 is 11.0. The van der Waals surface area contributed by atoms with Crippen LogP contribution in [-0.4, -0.2) is 6.54 Å². The van der Waals surface area contributed by atoms with Crippen molar-refractivity contribution in [2.75, 3.05) is 6.54 Å². The zero-order valence-corrected chi connectivity index (χ0v) is 16.1. The van der Waals surface area contributed by atoms with E-state index < -0.39 is 0 Å². The second kappa shape index (κ2) is 7.21. The zero-order valence-electron chi connectivity index (χ0n) is 11.4. The third-order valence-electron chi connectivity index (χ3n) is 3.21. The summed E-state index contributed by atoms with van der Waals surface area (Å²) in [5, 5.41) is 3.56. The van der Waals surface area contributed by atoms with Crippen LogP contribution in [0.1, 0.15) is 29.7 Å². The molecule has 0 fully saturated rings. The Morgan fingerprint density at radius 3 is 2.30 bits per heavy atom. The Balaban J connectivity index is 2.54. The standard InChI is InChI=1S/C16H16Br3N/c1-3-20-16(11-6-4-5-7-13(11)17)12-9-14(18)10(2)8-15(12)19/h4-9,16,20H,3H2,1-2H3. The largest absolute Gasteiger partial charge is 0.306 e. The molecular weight excluding hydrogens is 446 g/mol. The van der Waals surface area contributed by atoms with Gasteiger partial charge in [-0.05, 0) is 48.4 Å². The minimum atomic E-state index is 0.154. The van der Waals surface area contributed by atoms with Gasteiger partial charge in [-0.2, -0.15) is 0 Å². The topological polar surface area (TPSA) is 12.0 Å². The molecule has 0 amide bonds. The first-order chi connectivity index (χ1) is 9.54. The lowest BCUT2D eigenvalue weighted by Gasteiger charge is -2.22. The highest BCUT2D eigenvalue weighted by Crippen LogP contribution is 2.35. The van der Waals surface area contributed by atoms with E-state index in [1.165, 1.54) is 16.7 Å². The molecule has 0 heterocycles. The van der Waals surface area contributed by atoms with Crippen LogP contribution in [0.15, 0.2) is 49.8 Å². The summed E-state index contributed by atoms with van der Waals surface area (Å²) in [7, 11) is 0. The highest BCUT2D eigenvalue weighted by Gasteiger charge is 2.19. The molecule has 2 rings (SSSR count).